The number of amides is 1. The summed E-state index contributed by atoms with van der Waals surface area (Å²) in [5, 5.41) is 23.1. The summed E-state index contributed by atoms with van der Waals surface area (Å²) in [6.45, 7) is 4.16. The number of nitro benzene ring substituents is 1. The number of aromatic nitrogens is 1. The summed E-state index contributed by atoms with van der Waals surface area (Å²) in [6.07, 6.45) is 0. The summed E-state index contributed by atoms with van der Waals surface area (Å²) in [5.41, 5.74) is 1.84. The number of Topliss-reactive ketones (excluding diaryl/α,β-unsaturated/α-hetero) is 1. The lowest BCUT2D eigenvalue weighted by atomic mass is 9.95. The van der Waals surface area contributed by atoms with Crippen molar-refractivity contribution in [3.8, 4) is 5.75 Å². The smallest absolute Gasteiger partial charge is 0.301 e. The van der Waals surface area contributed by atoms with Crippen LogP contribution in [0, 0.1) is 17.0 Å². The number of thiazole rings is 1. The van der Waals surface area contributed by atoms with E-state index in [1.165, 1.54) is 34.4 Å². The van der Waals surface area contributed by atoms with Gasteiger partial charge in [0.05, 0.1) is 33.4 Å². The van der Waals surface area contributed by atoms with Crippen LogP contribution in [0.25, 0.3) is 16.0 Å². The number of carbonyl (C=O) groups is 2. The molecule has 0 saturated carbocycles. The highest BCUT2D eigenvalue weighted by molar-refractivity contribution is 7.22. The van der Waals surface area contributed by atoms with Crippen LogP contribution in [0.4, 0.5) is 10.8 Å². The minimum atomic E-state index is -1.13. The lowest BCUT2D eigenvalue weighted by Gasteiger charge is -2.22. The maximum absolute atomic E-state index is 13.4. The van der Waals surface area contributed by atoms with Crippen molar-refractivity contribution in [3.63, 3.8) is 0 Å². The summed E-state index contributed by atoms with van der Waals surface area (Å²) in [7, 11) is 0. The maximum Gasteiger partial charge on any atom is 0.301 e. The SMILES string of the molecule is CCOc1cccc(C(O)=C2C(=O)C(=O)N(c3nc4ccc(C)cc4s3)C2c2cccc([N+](=O)[O-])c2)c1. The van der Waals surface area contributed by atoms with E-state index in [1.807, 2.05) is 32.0 Å². The number of ether oxygens (including phenoxy) is 1. The Balaban J connectivity index is 1.73. The van der Waals surface area contributed by atoms with Crippen molar-refractivity contribution >= 4 is 49.8 Å². The molecule has 1 aromatic heterocycles. The second-order valence-electron chi connectivity index (χ2n) is 8.45. The third kappa shape index (κ3) is 4.31. The van der Waals surface area contributed by atoms with Gasteiger partial charge in [0, 0.05) is 17.7 Å². The largest absolute Gasteiger partial charge is 0.507 e. The normalized spacial score (nSPS) is 16.9. The van der Waals surface area contributed by atoms with Gasteiger partial charge in [-0.1, -0.05) is 41.7 Å². The van der Waals surface area contributed by atoms with Gasteiger partial charge >= 0.3 is 5.91 Å². The standard InChI is InChI=1S/C27H21N3O6S/c1-3-36-19-9-5-7-17(14-19)24(31)22-23(16-6-4-8-18(13-16)30(34)35)29(26(33)25(22)32)27-28-20-11-10-15(2)12-21(20)37-27/h4-14,23,31H,3H2,1-2H3. The molecule has 0 radical (unpaired) electrons. The van der Waals surface area contributed by atoms with Crippen LogP contribution < -0.4 is 9.64 Å². The number of rotatable bonds is 6. The monoisotopic (exact) mass is 515 g/mol. The van der Waals surface area contributed by atoms with E-state index in [0.29, 0.717) is 23.4 Å². The predicted molar refractivity (Wildman–Crippen MR) is 140 cm³/mol. The van der Waals surface area contributed by atoms with Crippen LogP contribution in [0.5, 0.6) is 5.75 Å². The minimum Gasteiger partial charge on any atom is -0.507 e. The molecule has 1 aliphatic rings. The first kappa shape index (κ1) is 24.1. The Morgan fingerprint density at radius 2 is 1.92 bits per heavy atom. The Morgan fingerprint density at radius 1 is 1.14 bits per heavy atom. The fraction of sp³-hybridized carbons (Fsp3) is 0.148. The van der Waals surface area contributed by atoms with Crippen molar-refractivity contribution < 1.29 is 24.4 Å². The molecule has 37 heavy (non-hydrogen) atoms. The molecule has 10 heteroatoms. The van der Waals surface area contributed by atoms with Gasteiger partial charge in [-0.2, -0.15) is 0 Å². The zero-order chi connectivity index (χ0) is 26.3. The lowest BCUT2D eigenvalue weighted by molar-refractivity contribution is -0.384. The molecule has 186 valence electrons. The Kier molecular flexibility index (Phi) is 6.18. The second-order valence-corrected chi connectivity index (χ2v) is 9.46. The van der Waals surface area contributed by atoms with Gasteiger partial charge in [0.1, 0.15) is 11.5 Å². The van der Waals surface area contributed by atoms with Gasteiger partial charge in [-0.3, -0.25) is 24.6 Å². The second kappa shape index (κ2) is 9.47. The molecule has 5 rings (SSSR count). The number of hydrogen-bond acceptors (Lipinski definition) is 8. The van der Waals surface area contributed by atoms with Crippen LogP contribution >= 0.6 is 11.3 Å². The molecular weight excluding hydrogens is 494 g/mol. The highest BCUT2D eigenvalue weighted by Gasteiger charge is 2.48. The molecule has 4 aromatic rings. The number of aryl methyl sites for hydroxylation is 1. The summed E-state index contributed by atoms with van der Waals surface area (Å²) < 4.78 is 6.33. The lowest BCUT2D eigenvalue weighted by Crippen LogP contribution is -2.29. The molecule has 1 aliphatic heterocycles. The van der Waals surface area contributed by atoms with E-state index in [2.05, 4.69) is 4.98 Å². The highest BCUT2D eigenvalue weighted by atomic mass is 32.1. The number of non-ortho nitro benzene ring substituents is 1. The number of hydrogen-bond donors (Lipinski definition) is 1. The van der Waals surface area contributed by atoms with E-state index < -0.39 is 28.4 Å². The minimum absolute atomic E-state index is 0.186. The Bertz CT molecular complexity index is 1610. The van der Waals surface area contributed by atoms with E-state index in [4.69, 9.17) is 4.74 Å². The summed E-state index contributed by atoms with van der Waals surface area (Å²) in [5.74, 6) is -1.72. The topological polar surface area (TPSA) is 123 Å². The Labute approximate surface area is 215 Å². The summed E-state index contributed by atoms with van der Waals surface area (Å²) in [4.78, 5) is 43.5. The average Bonchev–Trinajstić information content (AvgIpc) is 3.41. The van der Waals surface area contributed by atoms with E-state index in [1.54, 1.807) is 30.3 Å². The molecular formula is C27H21N3O6S. The molecule has 1 fully saturated rings. The van der Waals surface area contributed by atoms with Crippen molar-refractivity contribution in [1.29, 1.82) is 0 Å². The summed E-state index contributed by atoms with van der Waals surface area (Å²) >= 11 is 1.23. The van der Waals surface area contributed by atoms with E-state index in [0.717, 1.165) is 10.3 Å². The molecule has 3 aromatic carbocycles. The summed E-state index contributed by atoms with van der Waals surface area (Å²) in [6, 6.07) is 16.7. The molecule has 1 amide bonds. The first-order valence-corrected chi connectivity index (χ1v) is 12.3. The molecule has 0 bridgehead atoms. The van der Waals surface area contributed by atoms with Crippen LogP contribution in [-0.4, -0.2) is 33.3 Å². The number of ketones is 1. The first-order chi connectivity index (χ1) is 17.8. The van der Waals surface area contributed by atoms with Crippen molar-refractivity contribution in [1.82, 2.24) is 4.98 Å². The zero-order valence-electron chi connectivity index (χ0n) is 19.9. The molecule has 0 spiro atoms. The maximum atomic E-state index is 13.4. The van der Waals surface area contributed by atoms with Crippen molar-refractivity contribution in [3.05, 3.63) is 99.1 Å². The Hall–Kier alpha value is -4.57. The molecule has 2 heterocycles. The fourth-order valence-electron chi connectivity index (χ4n) is 4.33. The number of anilines is 1. The van der Waals surface area contributed by atoms with E-state index >= 15 is 0 Å². The number of aliphatic hydroxyl groups excluding tert-OH is 1. The molecule has 9 nitrogen and oxygen atoms in total. The quantitative estimate of drug-likeness (QED) is 0.118. The third-order valence-electron chi connectivity index (χ3n) is 6.00. The number of aliphatic hydroxyl groups is 1. The zero-order valence-corrected chi connectivity index (χ0v) is 20.7. The van der Waals surface area contributed by atoms with Gasteiger partial charge < -0.3 is 9.84 Å². The molecule has 1 unspecified atom stereocenters. The number of fused-ring (bicyclic) bond motifs is 1. The van der Waals surface area contributed by atoms with Crippen LogP contribution in [0.3, 0.4) is 0 Å². The van der Waals surface area contributed by atoms with Crippen LogP contribution in [0.1, 0.15) is 29.7 Å². The van der Waals surface area contributed by atoms with Gasteiger partial charge in [0.15, 0.2) is 5.13 Å². The number of benzene rings is 3. The third-order valence-corrected chi connectivity index (χ3v) is 7.02. The average molecular weight is 516 g/mol. The van der Waals surface area contributed by atoms with Crippen LogP contribution in [-0.2, 0) is 9.59 Å². The van der Waals surface area contributed by atoms with E-state index in [9.17, 15) is 24.8 Å². The number of nitro groups is 1. The molecule has 1 N–H and O–H groups in total. The van der Waals surface area contributed by atoms with Gasteiger partial charge in [0.25, 0.3) is 11.5 Å². The van der Waals surface area contributed by atoms with Crippen LogP contribution in [0.2, 0.25) is 0 Å². The van der Waals surface area contributed by atoms with Gasteiger partial charge in [0.2, 0.25) is 0 Å². The molecule has 1 atom stereocenters. The fourth-order valence-corrected chi connectivity index (χ4v) is 5.42. The van der Waals surface area contributed by atoms with E-state index in [-0.39, 0.29) is 22.0 Å². The highest BCUT2D eigenvalue weighted by Crippen LogP contribution is 2.45. The Morgan fingerprint density at radius 3 is 2.68 bits per heavy atom. The predicted octanol–water partition coefficient (Wildman–Crippen LogP) is 5.54. The van der Waals surface area contributed by atoms with Crippen molar-refractivity contribution in [2.45, 2.75) is 19.9 Å². The van der Waals surface area contributed by atoms with Crippen molar-refractivity contribution in [2.75, 3.05) is 11.5 Å². The molecule has 0 aliphatic carbocycles. The van der Waals surface area contributed by atoms with Gasteiger partial charge in [-0.15, -0.1) is 0 Å². The van der Waals surface area contributed by atoms with Gasteiger partial charge in [-0.05, 0) is 49.2 Å². The van der Waals surface area contributed by atoms with Crippen molar-refractivity contribution in [2.24, 2.45) is 0 Å². The molecule has 1 saturated heterocycles. The first-order valence-electron chi connectivity index (χ1n) is 11.4. The van der Waals surface area contributed by atoms with Crippen LogP contribution in [0.15, 0.2) is 72.3 Å². The number of carbonyl (C=O) groups excluding carboxylic acids is 2. The van der Waals surface area contributed by atoms with Gasteiger partial charge in [-0.25, -0.2) is 4.98 Å². The number of nitrogens with zero attached hydrogens (tertiary/aromatic N) is 3.